The summed E-state index contributed by atoms with van der Waals surface area (Å²) in [6.07, 6.45) is 0. The zero-order chi connectivity index (χ0) is 14.8. The Bertz CT molecular complexity index is 565. The predicted molar refractivity (Wildman–Crippen MR) is 88.3 cm³/mol. The summed E-state index contributed by atoms with van der Waals surface area (Å²) in [7, 11) is 0. The first-order valence-corrected chi connectivity index (χ1v) is 7.82. The molecule has 2 aromatic rings. The van der Waals surface area contributed by atoms with Crippen LogP contribution in [0.25, 0.3) is 0 Å². The zero-order valence-corrected chi connectivity index (χ0v) is 13.5. The lowest BCUT2D eigenvalue weighted by Crippen LogP contribution is -2.10. The van der Waals surface area contributed by atoms with Crippen LogP contribution >= 0.6 is 11.8 Å². The largest absolute Gasteiger partial charge is 0.324 e. The van der Waals surface area contributed by atoms with E-state index in [0.717, 1.165) is 0 Å². The van der Waals surface area contributed by atoms with Crippen molar-refractivity contribution in [2.75, 3.05) is 0 Å². The van der Waals surface area contributed by atoms with E-state index in [0.29, 0.717) is 0 Å². The molecule has 0 amide bonds. The summed E-state index contributed by atoms with van der Waals surface area (Å²) in [5.41, 5.74) is 8.81. The van der Waals surface area contributed by atoms with E-state index >= 15 is 0 Å². The van der Waals surface area contributed by atoms with Crippen molar-refractivity contribution in [2.45, 2.75) is 48.9 Å². The van der Waals surface area contributed by atoms with Gasteiger partial charge in [0.1, 0.15) is 0 Å². The minimum absolute atomic E-state index is 0.0625. The van der Waals surface area contributed by atoms with Gasteiger partial charge in [-0.25, -0.2) is 0 Å². The number of nitrogens with two attached hydrogens (primary N) is 1. The van der Waals surface area contributed by atoms with Crippen molar-refractivity contribution in [1.82, 2.24) is 0 Å². The third-order valence-electron chi connectivity index (χ3n) is 3.36. The van der Waals surface area contributed by atoms with Crippen LogP contribution in [0, 0.1) is 0 Å². The Morgan fingerprint density at radius 2 is 1.55 bits per heavy atom. The minimum atomic E-state index is 0.0625. The van der Waals surface area contributed by atoms with Crippen LogP contribution in [-0.4, -0.2) is 0 Å². The lowest BCUT2D eigenvalue weighted by atomic mass is 9.87. The van der Waals surface area contributed by atoms with Gasteiger partial charge < -0.3 is 5.73 Å². The summed E-state index contributed by atoms with van der Waals surface area (Å²) in [5, 5.41) is 0. The second-order valence-corrected chi connectivity index (χ2v) is 7.32. The zero-order valence-electron chi connectivity index (χ0n) is 12.7. The van der Waals surface area contributed by atoms with Crippen molar-refractivity contribution in [1.29, 1.82) is 0 Å². The van der Waals surface area contributed by atoms with Crippen molar-refractivity contribution in [3.8, 4) is 0 Å². The second-order valence-electron chi connectivity index (χ2n) is 6.20. The number of hydrogen-bond acceptors (Lipinski definition) is 2. The molecule has 1 atom stereocenters. The van der Waals surface area contributed by atoms with Crippen molar-refractivity contribution in [3.05, 3.63) is 59.7 Å². The van der Waals surface area contributed by atoms with Gasteiger partial charge in [-0.3, -0.25) is 0 Å². The fourth-order valence-corrected chi connectivity index (χ4v) is 3.14. The van der Waals surface area contributed by atoms with Crippen LogP contribution in [-0.2, 0) is 5.41 Å². The first-order chi connectivity index (χ1) is 9.38. The highest BCUT2D eigenvalue weighted by Crippen LogP contribution is 2.33. The lowest BCUT2D eigenvalue weighted by molar-refractivity contribution is 0.590. The van der Waals surface area contributed by atoms with Crippen LogP contribution < -0.4 is 5.73 Å². The van der Waals surface area contributed by atoms with E-state index in [1.165, 1.54) is 20.9 Å². The maximum atomic E-state index is 6.04. The first-order valence-electron chi connectivity index (χ1n) is 7.01. The van der Waals surface area contributed by atoms with Gasteiger partial charge in [-0.15, -0.1) is 0 Å². The number of rotatable bonds is 3. The molecule has 0 aliphatic rings. The van der Waals surface area contributed by atoms with Gasteiger partial charge in [0.25, 0.3) is 0 Å². The van der Waals surface area contributed by atoms with E-state index < -0.39 is 0 Å². The van der Waals surface area contributed by atoms with Gasteiger partial charge >= 0.3 is 0 Å². The molecule has 20 heavy (non-hydrogen) atoms. The van der Waals surface area contributed by atoms with Crippen LogP contribution in [0.4, 0.5) is 0 Å². The summed E-state index contributed by atoms with van der Waals surface area (Å²) in [6, 6.07) is 17.3. The summed E-state index contributed by atoms with van der Waals surface area (Å²) >= 11 is 1.78. The molecule has 0 aliphatic heterocycles. The molecule has 0 saturated heterocycles. The normalized spacial score (nSPS) is 13.2. The molecule has 1 nitrogen and oxygen atoms in total. The molecule has 0 bridgehead atoms. The smallest absolute Gasteiger partial charge is 0.0277 e. The van der Waals surface area contributed by atoms with Gasteiger partial charge in [0.15, 0.2) is 0 Å². The summed E-state index contributed by atoms with van der Waals surface area (Å²) in [5.74, 6) is 0. The van der Waals surface area contributed by atoms with E-state index in [1.54, 1.807) is 11.8 Å². The Morgan fingerprint density at radius 1 is 0.950 bits per heavy atom. The maximum Gasteiger partial charge on any atom is 0.0277 e. The Kier molecular flexibility index (Phi) is 4.56. The van der Waals surface area contributed by atoms with Gasteiger partial charge in [0.2, 0.25) is 0 Å². The Morgan fingerprint density at radius 3 is 2.10 bits per heavy atom. The number of hydrogen-bond donors (Lipinski definition) is 1. The molecule has 0 spiro atoms. The topological polar surface area (TPSA) is 26.0 Å². The fourth-order valence-electron chi connectivity index (χ4n) is 2.10. The quantitative estimate of drug-likeness (QED) is 0.843. The molecule has 0 unspecified atom stereocenters. The Labute approximate surface area is 126 Å². The molecule has 0 aliphatic carbocycles. The third-order valence-corrected chi connectivity index (χ3v) is 4.46. The van der Waals surface area contributed by atoms with E-state index in [2.05, 4.69) is 63.2 Å². The SMILES string of the molecule is C[C@@H](N)c1ccccc1Sc1ccc(C(C)(C)C)cc1. The molecular formula is C18H23NS. The van der Waals surface area contributed by atoms with Crippen molar-refractivity contribution >= 4 is 11.8 Å². The highest BCUT2D eigenvalue weighted by Gasteiger charge is 2.13. The van der Waals surface area contributed by atoms with Crippen LogP contribution in [0.15, 0.2) is 58.3 Å². The summed E-state index contributed by atoms with van der Waals surface area (Å²) in [6.45, 7) is 8.74. The van der Waals surface area contributed by atoms with Crippen molar-refractivity contribution < 1.29 is 0 Å². The molecule has 2 N–H and O–H groups in total. The van der Waals surface area contributed by atoms with E-state index in [-0.39, 0.29) is 11.5 Å². The van der Waals surface area contributed by atoms with Gasteiger partial charge in [0.05, 0.1) is 0 Å². The van der Waals surface area contributed by atoms with Crippen LogP contribution in [0.5, 0.6) is 0 Å². The van der Waals surface area contributed by atoms with E-state index in [1.807, 2.05) is 13.0 Å². The second kappa shape index (κ2) is 6.02. The van der Waals surface area contributed by atoms with Crippen LogP contribution in [0.3, 0.4) is 0 Å². The lowest BCUT2D eigenvalue weighted by Gasteiger charge is -2.19. The number of benzene rings is 2. The molecule has 0 heterocycles. The van der Waals surface area contributed by atoms with Crippen molar-refractivity contribution in [3.63, 3.8) is 0 Å². The van der Waals surface area contributed by atoms with E-state index in [9.17, 15) is 0 Å². The van der Waals surface area contributed by atoms with Gasteiger partial charge in [0, 0.05) is 15.8 Å². The van der Waals surface area contributed by atoms with Crippen LogP contribution in [0.1, 0.15) is 44.9 Å². The van der Waals surface area contributed by atoms with Gasteiger partial charge in [-0.05, 0) is 41.7 Å². The van der Waals surface area contributed by atoms with Gasteiger partial charge in [-0.1, -0.05) is 62.9 Å². The Hall–Kier alpha value is -1.25. The first kappa shape index (κ1) is 15.1. The standard InChI is InChI=1S/C18H23NS/c1-13(19)16-7-5-6-8-17(16)20-15-11-9-14(10-12-15)18(2,3)4/h5-13H,19H2,1-4H3/t13-/m1/s1. The summed E-state index contributed by atoms with van der Waals surface area (Å²) in [4.78, 5) is 2.50. The molecular weight excluding hydrogens is 262 g/mol. The highest BCUT2D eigenvalue weighted by molar-refractivity contribution is 7.99. The van der Waals surface area contributed by atoms with E-state index in [4.69, 9.17) is 5.73 Å². The Balaban J connectivity index is 2.23. The maximum absolute atomic E-state index is 6.04. The molecule has 0 aromatic heterocycles. The predicted octanol–water partition coefficient (Wildman–Crippen LogP) is 5.16. The molecule has 2 heteroatoms. The molecule has 0 radical (unpaired) electrons. The summed E-state index contributed by atoms with van der Waals surface area (Å²) < 4.78 is 0. The monoisotopic (exact) mass is 285 g/mol. The molecule has 0 saturated carbocycles. The average Bonchev–Trinajstić information content (AvgIpc) is 2.38. The van der Waals surface area contributed by atoms with Crippen molar-refractivity contribution in [2.24, 2.45) is 5.73 Å². The average molecular weight is 285 g/mol. The molecule has 0 fully saturated rings. The van der Waals surface area contributed by atoms with Gasteiger partial charge in [-0.2, -0.15) is 0 Å². The molecule has 2 aromatic carbocycles. The molecule has 106 valence electrons. The van der Waals surface area contributed by atoms with Crippen LogP contribution in [0.2, 0.25) is 0 Å². The fraction of sp³-hybridized carbons (Fsp3) is 0.333. The highest BCUT2D eigenvalue weighted by atomic mass is 32.2. The minimum Gasteiger partial charge on any atom is -0.324 e. The third kappa shape index (κ3) is 3.65. The molecule has 2 rings (SSSR count).